The summed E-state index contributed by atoms with van der Waals surface area (Å²) in [6.07, 6.45) is 1.24. The van der Waals surface area contributed by atoms with Crippen LogP contribution in [-0.2, 0) is 9.53 Å². The molecule has 0 aromatic heterocycles. The number of hydrogen-bond donors (Lipinski definition) is 0. The highest BCUT2D eigenvalue weighted by Gasteiger charge is 2.32. The van der Waals surface area contributed by atoms with Crippen LogP contribution in [0.25, 0.3) is 0 Å². The monoisotopic (exact) mass is 314 g/mol. The van der Waals surface area contributed by atoms with Crippen molar-refractivity contribution in [1.29, 1.82) is 0 Å². The third-order valence-corrected chi connectivity index (χ3v) is 4.76. The average Bonchev–Trinajstić information content (AvgIpc) is 2.46. The fourth-order valence-electron chi connectivity index (χ4n) is 2.68. The molecule has 0 bridgehead atoms. The Kier molecular flexibility index (Phi) is 5.41. The number of hydrogen-bond acceptors (Lipinski definition) is 4. The minimum atomic E-state index is -0.463. The number of thioether (sulfide) groups is 1. The quantitative estimate of drug-likeness (QED) is 0.744. The molecule has 0 atom stereocenters. The Labute approximate surface area is 131 Å². The number of carbonyl (C=O) groups excluding carboxylic acids is 2. The first kappa shape index (κ1) is 16.5. The summed E-state index contributed by atoms with van der Waals surface area (Å²) in [5.41, 5.74) is -0.463. The topological polar surface area (TPSA) is 49.9 Å². The summed E-state index contributed by atoms with van der Waals surface area (Å²) in [7, 11) is 0. The van der Waals surface area contributed by atoms with E-state index in [0.29, 0.717) is 13.1 Å². The van der Waals surface area contributed by atoms with Crippen molar-refractivity contribution in [1.82, 2.24) is 9.80 Å². The van der Waals surface area contributed by atoms with E-state index in [1.165, 1.54) is 0 Å². The number of rotatable bonds is 1. The van der Waals surface area contributed by atoms with Gasteiger partial charge in [0.1, 0.15) is 5.60 Å². The van der Waals surface area contributed by atoms with Gasteiger partial charge in [-0.3, -0.25) is 4.79 Å². The third kappa shape index (κ3) is 4.80. The van der Waals surface area contributed by atoms with Gasteiger partial charge in [-0.1, -0.05) is 0 Å². The molecule has 0 aromatic carbocycles. The Balaban J connectivity index is 1.80. The van der Waals surface area contributed by atoms with E-state index in [4.69, 9.17) is 4.74 Å². The first-order valence-corrected chi connectivity index (χ1v) is 8.87. The first-order valence-electron chi connectivity index (χ1n) is 7.71. The lowest BCUT2D eigenvalue weighted by atomic mass is 9.95. The fourth-order valence-corrected chi connectivity index (χ4v) is 3.58. The van der Waals surface area contributed by atoms with E-state index in [1.54, 1.807) is 4.90 Å². The van der Waals surface area contributed by atoms with Crippen molar-refractivity contribution < 1.29 is 14.3 Å². The standard InChI is InChI=1S/C15H26N2O3S/c1-15(2,3)20-14(19)17-6-4-12(5-7-17)13(18)16-8-10-21-11-9-16/h12H,4-11H2,1-3H3. The van der Waals surface area contributed by atoms with Gasteiger partial charge < -0.3 is 14.5 Å². The predicted octanol–water partition coefficient (Wildman–Crippen LogP) is 2.21. The third-order valence-electron chi connectivity index (χ3n) is 3.82. The summed E-state index contributed by atoms with van der Waals surface area (Å²) in [4.78, 5) is 28.2. The van der Waals surface area contributed by atoms with Crippen LogP contribution in [0.1, 0.15) is 33.6 Å². The molecule has 0 unspecified atom stereocenters. The lowest BCUT2D eigenvalue weighted by Gasteiger charge is -2.36. The second kappa shape index (κ2) is 6.90. The molecule has 2 saturated heterocycles. The number of nitrogens with zero attached hydrogens (tertiary/aromatic N) is 2. The minimum absolute atomic E-state index is 0.0757. The van der Waals surface area contributed by atoms with Gasteiger partial charge in [0.05, 0.1) is 0 Å². The Morgan fingerprint density at radius 3 is 2.10 bits per heavy atom. The highest BCUT2D eigenvalue weighted by Crippen LogP contribution is 2.23. The molecule has 2 aliphatic heterocycles. The zero-order chi connectivity index (χ0) is 15.5. The van der Waals surface area contributed by atoms with Crippen LogP contribution in [0.3, 0.4) is 0 Å². The molecule has 0 aromatic rings. The van der Waals surface area contributed by atoms with Gasteiger partial charge in [0.25, 0.3) is 0 Å². The van der Waals surface area contributed by atoms with Gasteiger partial charge >= 0.3 is 6.09 Å². The maximum absolute atomic E-state index is 12.4. The van der Waals surface area contributed by atoms with E-state index in [1.807, 2.05) is 37.4 Å². The molecule has 21 heavy (non-hydrogen) atoms. The van der Waals surface area contributed by atoms with Gasteiger partial charge in [0, 0.05) is 43.6 Å². The van der Waals surface area contributed by atoms with Gasteiger partial charge in [0.2, 0.25) is 5.91 Å². The van der Waals surface area contributed by atoms with E-state index in [9.17, 15) is 9.59 Å². The lowest BCUT2D eigenvalue weighted by Crippen LogP contribution is -2.47. The van der Waals surface area contributed by atoms with E-state index in [0.717, 1.165) is 37.4 Å². The van der Waals surface area contributed by atoms with Gasteiger partial charge in [-0.15, -0.1) is 0 Å². The molecule has 5 nitrogen and oxygen atoms in total. The minimum Gasteiger partial charge on any atom is -0.444 e. The first-order chi connectivity index (χ1) is 9.87. The number of amides is 2. The summed E-state index contributed by atoms with van der Waals surface area (Å²) >= 11 is 1.91. The molecule has 0 aliphatic carbocycles. The summed E-state index contributed by atoms with van der Waals surface area (Å²) in [5, 5.41) is 0. The van der Waals surface area contributed by atoms with Crippen molar-refractivity contribution in [3.63, 3.8) is 0 Å². The molecule has 2 fully saturated rings. The Morgan fingerprint density at radius 2 is 1.57 bits per heavy atom. The highest BCUT2D eigenvalue weighted by molar-refractivity contribution is 7.99. The van der Waals surface area contributed by atoms with Crippen LogP contribution in [0, 0.1) is 5.92 Å². The van der Waals surface area contributed by atoms with Crippen LogP contribution in [0.15, 0.2) is 0 Å². The van der Waals surface area contributed by atoms with Crippen LogP contribution in [0.2, 0.25) is 0 Å². The SMILES string of the molecule is CC(C)(C)OC(=O)N1CCC(C(=O)N2CCSCC2)CC1. The van der Waals surface area contributed by atoms with Crippen molar-refractivity contribution in [3.8, 4) is 0 Å². The normalized spacial score (nSPS) is 21.3. The molecule has 120 valence electrons. The van der Waals surface area contributed by atoms with E-state index < -0.39 is 5.60 Å². The van der Waals surface area contributed by atoms with Gasteiger partial charge in [-0.25, -0.2) is 4.79 Å². The molecular formula is C15H26N2O3S. The molecule has 2 amide bonds. The number of piperidine rings is 1. The van der Waals surface area contributed by atoms with Gasteiger partial charge in [-0.2, -0.15) is 11.8 Å². The lowest BCUT2D eigenvalue weighted by molar-refractivity contribution is -0.136. The van der Waals surface area contributed by atoms with Crippen LogP contribution in [0.5, 0.6) is 0 Å². The summed E-state index contributed by atoms with van der Waals surface area (Å²) in [6, 6.07) is 0. The van der Waals surface area contributed by atoms with Crippen LogP contribution < -0.4 is 0 Å². The number of ether oxygens (including phenoxy) is 1. The molecular weight excluding hydrogens is 288 g/mol. The van der Waals surface area contributed by atoms with Crippen LogP contribution in [0.4, 0.5) is 4.79 Å². The molecule has 0 N–H and O–H groups in total. The highest BCUT2D eigenvalue weighted by atomic mass is 32.2. The second-order valence-electron chi connectivity index (χ2n) is 6.68. The Bertz CT molecular complexity index is 381. The van der Waals surface area contributed by atoms with E-state index in [-0.39, 0.29) is 17.9 Å². The Hall–Kier alpha value is -0.910. The maximum Gasteiger partial charge on any atom is 0.410 e. The van der Waals surface area contributed by atoms with E-state index >= 15 is 0 Å². The molecule has 6 heteroatoms. The molecule has 0 saturated carbocycles. The van der Waals surface area contributed by atoms with Gasteiger partial charge in [-0.05, 0) is 33.6 Å². The van der Waals surface area contributed by atoms with Crippen molar-refractivity contribution in [2.45, 2.75) is 39.2 Å². The molecule has 2 heterocycles. The van der Waals surface area contributed by atoms with Crippen LogP contribution >= 0.6 is 11.8 Å². The largest absolute Gasteiger partial charge is 0.444 e. The van der Waals surface area contributed by atoms with E-state index in [2.05, 4.69) is 0 Å². The smallest absolute Gasteiger partial charge is 0.410 e. The molecule has 2 rings (SSSR count). The summed E-state index contributed by atoms with van der Waals surface area (Å²) in [5.74, 6) is 2.44. The van der Waals surface area contributed by atoms with Crippen molar-refractivity contribution in [2.24, 2.45) is 5.92 Å². The molecule has 0 spiro atoms. The molecule has 2 aliphatic rings. The Morgan fingerprint density at radius 1 is 1.00 bits per heavy atom. The van der Waals surface area contributed by atoms with Gasteiger partial charge in [0.15, 0.2) is 0 Å². The predicted molar refractivity (Wildman–Crippen MR) is 84.4 cm³/mol. The van der Waals surface area contributed by atoms with Crippen molar-refractivity contribution in [2.75, 3.05) is 37.7 Å². The summed E-state index contributed by atoms with van der Waals surface area (Å²) in [6.45, 7) is 8.59. The van der Waals surface area contributed by atoms with Crippen molar-refractivity contribution in [3.05, 3.63) is 0 Å². The van der Waals surface area contributed by atoms with Crippen molar-refractivity contribution >= 4 is 23.8 Å². The zero-order valence-electron chi connectivity index (χ0n) is 13.3. The maximum atomic E-state index is 12.4. The van der Waals surface area contributed by atoms with Crippen LogP contribution in [-0.4, -0.2) is 65.1 Å². The zero-order valence-corrected chi connectivity index (χ0v) is 14.1. The molecule has 0 radical (unpaired) electrons. The number of likely N-dealkylation sites (tertiary alicyclic amines) is 1. The average molecular weight is 314 g/mol. The summed E-state index contributed by atoms with van der Waals surface area (Å²) < 4.78 is 5.38. The second-order valence-corrected chi connectivity index (χ2v) is 7.90. The fraction of sp³-hybridized carbons (Fsp3) is 0.867. The number of carbonyl (C=O) groups is 2.